The van der Waals surface area contributed by atoms with E-state index in [0.717, 1.165) is 33.0 Å². The third-order valence-corrected chi connectivity index (χ3v) is 12.7. The van der Waals surface area contributed by atoms with Gasteiger partial charge in [0.05, 0.1) is 32.5 Å². The molecule has 0 aliphatic heterocycles. The molecule has 54 heavy (non-hydrogen) atoms. The van der Waals surface area contributed by atoms with Crippen LogP contribution in [0.15, 0.2) is 127 Å². The molecule has 16 nitrogen and oxygen atoms in total. The molecular weight excluding hydrogens is 777 g/mol. The van der Waals surface area contributed by atoms with Crippen molar-refractivity contribution in [2.75, 3.05) is 49.5 Å². The maximum atomic E-state index is 13.0. The van der Waals surface area contributed by atoms with E-state index in [4.69, 9.17) is 0 Å². The van der Waals surface area contributed by atoms with Crippen LogP contribution in [0.2, 0.25) is 0 Å². The summed E-state index contributed by atoms with van der Waals surface area (Å²) in [5.74, 6) is -3.52. The zero-order valence-corrected chi connectivity index (χ0v) is 32.7. The summed E-state index contributed by atoms with van der Waals surface area (Å²) in [6, 6.07) is 22.2. The Hall–Kier alpha value is -4.86. The molecule has 0 aliphatic rings. The van der Waals surface area contributed by atoms with Crippen LogP contribution in [0.5, 0.6) is 0 Å². The van der Waals surface area contributed by atoms with E-state index in [1.54, 1.807) is 24.3 Å². The second-order valence-corrected chi connectivity index (χ2v) is 17.8. The van der Waals surface area contributed by atoms with Crippen LogP contribution in [0.25, 0.3) is 0 Å². The molecule has 0 aromatic heterocycles. The molecule has 0 spiro atoms. The molecular formula is C34H38N8O8S4. The fraction of sp³-hybridized carbons (Fsp3) is 0.235. The van der Waals surface area contributed by atoms with Crippen molar-refractivity contribution in [2.45, 2.75) is 21.9 Å². The third kappa shape index (κ3) is 12.4. The molecule has 0 bridgehead atoms. The summed E-state index contributed by atoms with van der Waals surface area (Å²) in [5, 5.41) is 35.9. The number of aliphatic carboxylic acids is 2. The Kier molecular flexibility index (Phi) is 14.7. The molecule has 2 atom stereocenters. The van der Waals surface area contributed by atoms with Crippen LogP contribution >= 0.6 is 21.6 Å². The van der Waals surface area contributed by atoms with E-state index in [2.05, 4.69) is 29.9 Å². The van der Waals surface area contributed by atoms with Crippen molar-refractivity contribution in [3.8, 4) is 0 Å². The van der Waals surface area contributed by atoms with Gasteiger partial charge in [0.25, 0.3) is 0 Å². The van der Waals surface area contributed by atoms with E-state index in [1.165, 1.54) is 48.5 Å². The fourth-order valence-electron chi connectivity index (χ4n) is 4.30. The van der Waals surface area contributed by atoms with Gasteiger partial charge in [0.2, 0.25) is 20.0 Å². The zero-order chi connectivity index (χ0) is 39.5. The average molecular weight is 815 g/mol. The summed E-state index contributed by atoms with van der Waals surface area (Å²) in [5.41, 5.74) is 3.91. The number of carboxylic acids is 2. The summed E-state index contributed by atoms with van der Waals surface area (Å²) in [7, 11) is 0.823. The summed E-state index contributed by atoms with van der Waals surface area (Å²) in [4.78, 5) is 27.3. The highest BCUT2D eigenvalue weighted by Gasteiger charge is 2.28. The monoisotopic (exact) mass is 814 g/mol. The van der Waals surface area contributed by atoms with Crippen LogP contribution in [0.1, 0.15) is 0 Å². The van der Waals surface area contributed by atoms with Crippen LogP contribution in [0.3, 0.4) is 0 Å². The van der Waals surface area contributed by atoms with Gasteiger partial charge in [-0.2, -0.15) is 29.9 Å². The van der Waals surface area contributed by atoms with E-state index in [9.17, 15) is 36.6 Å². The first-order chi connectivity index (χ1) is 25.5. The van der Waals surface area contributed by atoms with Crippen LogP contribution in [0.4, 0.5) is 34.1 Å². The van der Waals surface area contributed by atoms with Crippen molar-refractivity contribution >= 4 is 87.7 Å². The summed E-state index contributed by atoms with van der Waals surface area (Å²) >= 11 is 0. The molecule has 0 heterocycles. The van der Waals surface area contributed by atoms with E-state index in [-0.39, 0.29) is 21.3 Å². The Bertz CT molecular complexity index is 2010. The van der Waals surface area contributed by atoms with Crippen LogP contribution in [0, 0.1) is 0 Å². The number of hydrogen-bond acceptors (Lipinski definition) is 14. The molecule has 4 aromatic rings. The predicted octanol–water partition coefficient (Wildman–Crippen LogP) is 6.19. The van der Waals surface area contributed by atoms with Gasteiger partial charge in [-0.25, -0.2) is 16.8 Å². The van der Waals surface area contributed by atoms with Crippen molar-refractivity contribution < 1.29 is 36.6 Å². The lowest BCUT2D eigenvalue weighted by Gasteiger charge is -2.16. The second kappa shape index (κ2) is 18.9. The first kappa shape index (κ1) is 41.9. The van der Waals surface area contributed by atoms with Crippen LogP contribution in [-0.2, 0) is 29.6 Å². The van der Waals surface area contributed by atoms with Crippen molar-refractivity contribution in [3.05, 3.63) is 97.1 Å². The molecule has 20 heteroatoms. The lowest BCUT2D eigenvalue weighted by Crippen LogP contribution is -2.43. The standard InChI is InChI=1S/C34H38N8O8S4/c1-41(2)27-13-5-23(6-14-27)35-37-25-9-17-29(18-10-25)53(47,48)39-31(33(43)44)21-51-52-22-32(34(45)46)40-54(49,50)30-19-11-26(12-20-30)38-36-24-7-15-28(16-8-24)42(3)4/h5-20,31-32,39-40H,21-22H2,1-4H3,(H,43,44)(H,45,46). The number of carboxylic acid groups (broad SMARTS) is 2. The second-order valence-electron chi connectivity index (χ2n) is 11.8. The molecule has 4 aromatic carbocycles. The highest BCUT2D eigenvalue weighted by atomic mass is 33.1. The summed E-state index contributed by atoms with van der Waals surface area (Å²) in [6.07, 6.45) is 0. The van der Waals surface area contributed by atoms with Crippen LogP contribution in [-0.4, -0.2) is 90.8 Å². The molecule has 4 N–H and O–H groups in total. The van der Waals surface area contributed by atoms with Crippen molar-refractivity contribution in [1.82, 2.24) is 9.44 Å². The fourth-order valence-corrected chi connectivity index (χ4v) is 9.20. The SMILES string of the molecule is CN(C)c1ccc(N=Nc2ccc(S(=O)(=O)NC(CSSCC(NS(=O)(=O)c3ccc(N=Nc4ccc(N(C)C)cc4)cc3)C(=O)O)C(=O)O)cc2)cc1. The Morgan fingerprint density at radius 2 is 0.796 bits per heavy atom. The molecule has 4 rings (SSSR count). The smallest absolute Gasteiger partial charge is 0.322 e. The van der Waals surface area contributed by atoms with E-state index >= 15 is 0 Å². The third-order valence-electron chi connectivity index (χ3n) is 7.33. The number of hydrogen-bond donors (Lipinski definition) is 4. The van der Waals surface area contributed by atoms with Gasteiger partial charge in [0.1, 0.15) is 12.1 Å². The number of nitrogens with zero attached hydrogens (tertiary/aromatic N) is 6. The minimum Gasteiger partial charge on any atom is -0.480 e. The first-order valence-corrected chi connectivity index (χ1v) is 21.3. The van der Waals surface area contributed by atoms with Crippen molar-refractivity contribution in [3.63, 3.8) is 0 Å². The molecule has 0 fully saturated rings. The van der Waals surface area contributed by atoms with Gasteiger partial charge in [-0.05, 0) is 97.1 Å². The minimum absolute atomic E-state index is 0.202. The van der Waals surface area contributed by atoms with Gasteiger partial charge >= 0.3 is 11.9 Å². The summed E-state index contributed by atoms with van der Waals surface area (Å²) < 4.78 is 56.2. The molecule has 0 saturated heterocycles. The van der Waals surface area contributed by atoms with Gasteiger partial charge in [0.15, 0.2) is 0 Å². The topological polar surface area (TPSA) is 223 Å². The zero-order valence-electron chi connectivity index (χ0n) is 29.5. The lowest BCUT2D eigenvalue weighted by molar-refractivity contribution is -0.139. The van der Waals surface area contributed by atoms with Crippen molar-refractivity contribution in [2.24, 2.45) is 20.5 Å². The number of sulfonamides is 2. The van der Waals surface area contributed by atoms with Gasteiger partial charge < -0.3 is 20.0 Å². The Morgan fingerprint density at radius 3 is 1.04 bits per heavy atom. The Morgan fingerprint density at radius 1 is 0.537 bits per heavy atom. The number of rotatable bonds is 19. The maximum absolute atomic E-state index is 13.0. The highest BCUT2D eigenvalue weighted by molar-refractivity contribution is 8.76. The van der Waals surface area contributed by atoms with Crippen molar-refractivity contribution in [1.29, 1.82) is 0 Å². The quantitative estimate of drug-likeness (QED) is 0.0472. The van der Waals surface area contributed by atoms with Gasteiger partial charge in [-0.15, -0.1) is 0 Å². The minimum atomic E-state index is -4.28. The molecule has 0 aliphatic carbocycles. The maximum Gasteiger partial charge on any atom is 0.322 e. The first-order valence-electron chi connectivity index (χ1n) is 15.9. The number of azo groups is 2. The normalized spacial score (nSPS) is 13.2. The molecule has 286 valence electrons. The van der Waals surface area contributed by atoms with Gasteiger partial charge in [-0.1, -0.05) is 21.6 Å². The van der Waals surface area contributed by atoms with Gasteiger partial charge in [-0.3, -0.25) is 9.59 Å². The number of anilines is 2. The summed E-state index contributed by atoms with van der Waals surface area (Å²) in [6.45, 7) is 0. The number of carbonyl (C=O) groups is 2. The molecule has 0 amide bonds. The highest BCUT2D eigenvalue weighted by Crippen LogP contribution is 2.27. The predicted molar refractivity (Wildman–Crippen MR) is 211 cm³/mol. The Balaban J connectivity index is 1.29. The molecule has 0 radical (unpaired) electrons. The van der Waals surface area contributed by atoms with E-state index in [1.807, 2.05) is 62.3 Å². The largest absolute Gasteiger partial charge is 0.480 e. The molecule has 2 unspecified atom stereocenters. The number of benzene rings is 4. The number of nitrogens with one attached hydrogen (secondary N) is 2. The van der Waals surface area contributed by atoms with E-state index in [0.29, 0.717) is 22.7 Å². The van der Waals surface area contributed by atoms with E-state index < -0.39 is 44.1 Å². The Labute approximate surface area is 321 Å². The van der Waals surface area contributed by atoms with Crippen LogP contribution < -0.4 is 19.2 Å². The average Bonchev–Trinajstić information content (AvgIpc) is 3.14. The lowest BCUT2D eigenvalue weighted by atomic mass is 10.3. The van der Waals surface area contributed by atoms with Gasteiger partial charge in [0, 0.05) is 51.1 Å². The molecule has 0 saturated carbocycles.